The third-order valence-electron chi connectivity index (χ3n) is 3.72. The van der Waals surface area contributed by atoms with Crippen molar-refractivity contribution < 1.29 is 0 Å². The Kier molecular flexibility index (Phi) is 5.82. The molecule has 0 fully saturated rings. The summed E-state index contributed by atoms with van der Waals surface area (Å²) < 4.78 is 0. The normalized spacial score (nSPS) is 13.9. The van der Waals surface area contributed by atoms with Crippen LogP contribution in [0.3, 0.4) is 0 Å². The fourth-order valence-electron chi connectivity index (χ4n) is 2.65. The second kappa shape index (κ2) is 7.86. The Balaban J connectivity index is 1.86. The van der Waals surface area contributed by atoms with Crippen molar-refractivity contribution in [2.75, 3.05) is 0 Å². The van der Waals surface area contributed by atoms with Crippen molar-refractivity contribution in [1.82, 2.24) is 5.32 Å². The standard InChI is InChI=1S/C19H25N/c1-3-19(15-18-12-8-5-9-13-18)20-16(2)14-17-10-6-4-7-11-17/h4-13,16,19-20H,3,14-15H2,1-2H3. The number of hydrogen-bond donors (Lipinski definition) is 1. The minimum absolute atomic E-state index is 0.506. The zero-order valence-corrected chi connectivity index (χ0v) is 12.5. The van der Waals surface area contributed by atoms with Crippen LogP contribution in [0.5, 0.6) is 0 Å². The Labute approximate surface area is 123 Å². The lowest BCUT2D eigenvalue weighted by Crippen LogP contribution is -2.38. The van der Waals surface area contributed by atoms with E-state index in [1.165, 1.54) is 11.1 Å². The van der Waals surface area contributed by atoms with E-state index in [9.17, 15) is 0 Å². The number of hydrogen-bond acceptors (Lipinski definition) is 1. The summed E-state index contributed by atoms with van der Waals surface area (Å²) in [5.74, 6) is 0. The second-order valence-electron chi connectivity index (χ2n) is 5.55. The maximum Gasteiger partial charge on any atom is 0.0107 e. The first-order chi connectivity index (χ1) is 9.78. The van der Waals surface area contributed by atoms with Gasteiger partial charge in [-0.3, -0.25) is 0 Å². The fraction of sp³-hybridized carbons (Fsp3) is 0.368. The summed E-state index contributed by atoms with van der Waals surface area (Å²) in [4.78, 5) is 0. The van der Waals surface area contributed by atoms with Crippen LogP contribution in [0, 0.1) is 0 Å². The van der Waals surface area contributed by atoms with Crippen LogP contribution in [0.25, 0.3) is 0 Å². The Morgan fingerprint density at radius 3 is 1.80 bits per heavy atom. The monoisotopic (exact) mass is 267 g/mol. The predicted octanol–water partition coefficient (Wildman–Crippen LogP) is 4.23. The van der Waals surface area contributed by atoms with Crippen molar-refractivity contribution in [3.8, 4) is 0 Å². The molecular formula is C19H25N. The molecule has 0 saturated heterocycles. The number of rotatable bonds is 7. The Bertz CT molecular complexity index is 478. The van der Waals surface area contributed by atoms with E-state index in [4.69, 9.17) is 0 Å². The minimum atomic E-state index is 0.506. The molecule has 20 heavy (non-hydrogen) atoms. The van der Waals surface area contributed by atoms with Crippen LogP contribution in [0.2, 0.25) is 0 Å². The molecule has 1 N–H and O–H groups in total. The van der Waals surface area contributed by atoms with E-state index in [0.29, 0.717) is 12.1 Å². The van der Waals surface area contributed by atoms with Crippen molar-refractivity contribution in [2.24, 2.45) is 0 Å². The molecule has 0 aliphatic rings. The molecule has 0 aliphatic carbocycles. The molecule has 1 nitrogen and oxygen atoms in total. The van der Waals surface area contributed by atoms with E-state index < -0.39 is 0 Å². The third-order valence-corrected chi connectivity index (χ3v) is 3.72. The van der Waals surface area contributed by atoms with Gasteiger partial charge in [-0.15, -0.1) is 0 Å². The van der Waals surface area contributed by atoms with Crippen molar-refractivity contribution in [3.05, 3.63) is 71.8 Å². The van der Waals surface area contributed by atoms with Crippen molar-refractivity contribution >= 4 is 0 Å². The Morgan fingerprint density at radius 2 is 1.30 bits per heavy atom. The van der Waals surface area contributed by atoms with Crippen molar-refractivity contribution in [1.29, 1.82) is 0 Å². The highest BCUT2D eigenvalue weighted by molar-refractivity contribution is 5.17. The molecule has 2 atom stereocenters. The van der Waals surface area contributed by atoms with Crippen LogP contribution in [-0.4, -0.2) is 12.1 Å². The van der Waals surface area contributed by atoms with Gasteiger partial charge in [0.05, 0.1) is 0 Å². The highest BCUT2D eigenvalue weighted by Crippen LogP contribution is 2.08. The molecule has 2 aromatic carbocycles. The molecule has 0 spiro atoms. The lowest BCUT2D eigenvalue weighted by atomic mass is 10.0. The summed E-state index contributed by atoms with van der Waals surface area (Å²) in [5.41, 5.74) is 2.82. The van der Waals surface area contributed by atoms with Crippen LogP contribution >= 0.6 is 0 Å². The summed E-state index contributed by atoms with van der Waals surface area (Å²) in [6, 6.07) is 22.5. The number of benzene rings is 2. The molecule has 2 aromatic rings. The summed E-state index contributed by atoms with van der Waals surface area (Å²) in [5, 5.41) is 3.76. The van der Waals surface area contributed by atoms with Gasteiger partial charge < -0.3 is 5.32 Å². The maximum absolute atomic E-state index is 3.76. The van der Waals surface area contributed by atoms with Gasteiger partial charge >= 0.3 is 0 Å². The van der Waals surface area contributed by atoms with E-state index in [2.05, 4.69) is 79.8 Å². The molecule has 106 valence electrons. The van der Waals surface area contributed by atoms with Crippen LogP contribution in [-0.2, 0) is 12.8 Å². The number of nitrogens with one attached hydrogen (secondary N) is 1. The van der Waals surface area contributed by atoms with Crippen molar-refractivity contribution in [3.63, 3.8) is 0 Å². The molecule has 2 unspecified atom stereocenters. The molecule has 0 aromatic heterocycles. The van der Waals surface area contributed by atoms with Gasteiger partial charge in [-0.05, 0) is 37.3 Å². The minimum Gasteiger partial charge on any atom is -0.311 e. The predicted molar refractivity (Wildman–Crippen MR) is 87.0 cm³/mol. The first kappa shape index (κ1) is 14.8. The van der Waals surface area contributed by atoms with Gasteiger partial charge in [0.15, 0.2) is 0 Å². The molecule has 0 bridgehead atoms. The van der Waals surface area contributed by atoms with E-state index in [-0.39, 0.29) is 0 Å². The molecule has 2 rings (SSSR count). The van der Waals surface area contributed by atoms with E-state index in [1.807, 2.05) is 0 Å². The Morgan fingerprint density at radius 1 is 0.800 bits per heavy atom. The van der Waals surface area contributed by atoms with Gasteiger partial charge in [-0.25, -0.2) is 0 Å². The van der Waals surface area contributed by atoms with Gasteiger partial charge in [0.1, 0.15) is 0 Å². The lowest BCUT2D eigenvalue weighted by molar-refractivity contribution is 0.429. The van der Waals surface area contributed by atoms with Crippen LogP contribution in [0.15, 0.2) is 60.7 Å². The van der Waals surface area contributed by atoms with Crippen LogP contribution < -0.4 is 5.32 Å². The molecule has 0 saturated carbocycles. The summed E-state index contributed by atoms with van der Waals surface area (Å²) in [6.45, 7) is 4.54. The van der Waals surface area contributed by atoms with Gasteiger partial charge in [-0.1, -0.05) is 67.6 Å². The van der Waals surface area contributed by atoms with Crippen LogP contribution in [0.1, 0.15) is 31.4 Å². The smallest absolute Gasteiger partial charge is 0.0107 e. The van der Waals surface area contributed by atoms with Crippen molar-refractivity contribution in [2.45, 2.75) is 45.2 Å². The van der Waals surface area contributed by atoms with Gasteiger partial charge in [0, 0.05) is 12.1 Å². The molecular weight excluding hydrogens is 242 g/mol. The maximum atomic E-state index is 3.76. The topological polar surface area (TPSA) is 12.0 Å². The highest BCUT2D eigenvalue weighted by Gasteiger charge is 2.11. The van der Waals surface area contributed by atoms with E-state index in [1.54, 1.807) is 0 Å². The van der Waals surface area contributed by atoms with E-state index in [0.717, 1.165) is 19.3 Å². The van der Waals surface area contributed by atoms with Gasteiger partial charge in [-0.2, -0.15) is 0 Å². The molecule has 0 radical (unpaired) electrons. The average molecular weight is 267 g/mol. The van der Waals surface area contributed by atoms with Gasteiger partial charge in [0.25, 0.3) is 0 Å². The molecule has 0 heterocycles. The summed E-state index contributed by atoms with van der Waals surface area (Å²) in [6.07, 6.45) is 3.36. The summed E-state index contributed by atoms with van der Waals surface area (Å²) in [7, 11) is 0. The first-order valence-electron chi connectivity index (χ1n) is 7.62. The lowest BCUT2D eigenvalue weighted by Gasteiger charge is -2.22. The van der Waals surface area contributed by atoms with E-state index >= 15 is 0 Å². The molecule has 0 aliphatic heterocycles. The zero-order chi connectivity index (χ0) is 14.2. The van der Waals surface area contributed by atoms with Gasteiger partial charge in [0.2, 0.25) is 0 Å². The average Bonchev–Trinajstić information content (AvgIpc) is 2.48. The largest absolute Gasteiger partial charge is 0.311 e. The summed E-state index contributed by atoms with van der Waals surface area (Å²) >= 11 is 0. The van der Waals surface area contributed by atoms with Crippen LogP contribution in [0.4, 0.5) is 0 Å². The molecule has 1 heteroatoms. The third kappa shape index (κ3) is 4.82. The molecule has 0 amide bonds. The Hall–Kier alpha value is -1.60. The zero-order valence-electron chi connectivity index (χ0n) is 12.5. The quantitative estimate of drug-likeness (QED) is 0.791. The first-order valence-corrected chi connectivity index (χ1v) is 7.62. The second-order valence-corrected chi connectivity index (χ2v) is 5.55. The SMILES string of the molecule is CCC(Cc1ccccc1)NC(C)Cc1ccccc1. The fourth-order valence-corrected chi connectivity index (χ4v) is 2.65. The highest BCUT2D eigenvalue weighted by atomic mass is 14.9.